The first-order valence-corrected chi connectivity index (χ1v) is 6.38. The van der Waals surface area contributed by atoms with E-state index in [1.807, 2.05) is 18.2 Å². The first-order valence-electron chi connectivity index (χ1n) is 6.38. The second-order valence-corrected chi connectivity index (χ2v) is 4.64. The highest BCUT2D eigenvalue weighted by atomic mass is 16.3. The van der Waals surface area contributed by atoms with Gasteiger partial charge in [0.15, 0.2) is 5.69 Å². The summed E-state index contributed by atoms with van der Waals surface area (Å²) < 4.78 is 1.59. The van der Waals surface area contributed by atoms with Crippen molar-refractivity contribution in [3.8, 4) is 11.9 Å². The highest BCUT2D eigenvalue weighted by Crippen LogP contribution is 2.38. The van der Waals surface area contributed by atoms with Crippen molar-refractivity contribution in [3.63, 3.8) is 0 Å². The summed E-state index contributed by atoms with van der Waals surface area (Å²) >= 11 is 0. The van der Waals surface area contributed by atoms with Crippen molar-refractivity contribution in [1.29, 1.82) is 5.26 Å². The summed E-state index contributed by atoms with van der Waals surface area (Å²) in [5.41, 5.74) is 2.04. The van der Waals surface area contributed by atoms with Gasteiger partial charge in [0.2, 0.25) is 5.88 Å². The summed E-state index contributed by atoms with van der Waals surface area (Å²) in [5.74, 6) is -0.182. The molecular formula is C16H11N3O2. The van der Waals surface area contributed by atoms with E-state index in [2.05, 4.69) is 11.2 Å². The Morgan fingerprint density at radius 1 is 1.14 bits per heavy atom. The highest BCUT2D eigenvalue weighted by Gasteiger charge is 2.17. The Morgan fingerprint density at radius 3 is 2.62 bits per heavy atom. The zero-order valence-corrected chi connectivity index (χ0v) is 11.0. The number of nitrogens with zero attached hydrogens (tertiary/aromatic N) is 3. The van der Waals surface area contributed by atoms with E-state index in [0.29, 0.717) is 23.0 Å². The molecule has 1 heterocycles. The largest absolute Gasteiger partial charge is 0.493 e. The molecule has 0 fully saturated rings. The van der Waals surface area contributed by atoms with E-state index in [1.54, 1.807) is 34.9 Å². The van der Waals surface area contributed by atoms with Crippen LogP contribution in [0, 0.1) is 16.2 Å². The van der Waals surface area contributed by atoms with Crippen LogP contribution >= 0.6 is 0 Å². The van der Waals surface area contributed by atoms with Gasteiger partial charge in [-0.3, -0.25) is 0 Å². The van der Waals surface area contributed by atoms with E-state index in [1.165, 1.54) is 0 Å². The zero-order valence-electron chi connectivity index (χ0n) is 11.0. The molecule has 0 aliphatic carbocycles. The lowest BCUT2D eigenvalue weighted by Crippen LogP contribution is -2.01. The summed E-state index contributed by atoms with van der Waals surface area (Å²) in [6, 6.07) is 16.4. The van der Waals surface area contributed by atoms with Gasteiger partial charge in [-0.05, 0) is 22.9 Å². The minimum Gasteiger partial charge on any atom is -0.493 e. The summed E-state index contributed by atoms with van der Waals surface area (Å²) in [7, 11) is 0. The van der Waals surface area contributed by atoms with Gasteiger partial charge in [-0.15, -0.1) is 4.91 Å². The molecule has 0 atom stereocenters. The number of nitriles is 1. The van der Waals surface area contributed by atoms with Crippen molar-refractivity contribution in [2.45, 2.75) is 6.54 Å². The predicted octanol–water partition coefficient (Wildman–Crippen LogP) is 3.66. The Bertz CT molecular complexity index is 875. The molecule has 0 amide bonds. The van der Waals surface area contributed by atoms with Crippen LogP contribution in [0.5, 0.6) is 5.88 Å². The first kappa shape index (κ1) is 12.9. The lowest BCUT2D eigenvalue weighted by Gasteiger charge is -2.08. The second kappa shape index (κ2) is 5.10. The van der Waals surface area contributed by atoms with Gasteiger partial charge in [0.25, 0.3) is 0 Å². The molecule has 0 aliphatic heterocycles. The molecule has 0 radical (unpaired) electrons. The van der Waals surface area contributed by atoms with E-state index in [9.17, 15) is 10.0 Å². The SMILES string of the molecule is N#Cc1ccccc1Cn1c(O)c(N=O)c2ccccc21. The van der Waals surface area contributed by atoms with Crippen LogP contribution in [0.15, 0.2) is 53.7 Å². The lowest BCUT2D eigenvalue weighted by molar-refractivity contribution is 0.430. The first-order chi connectivity index (χ1) is 10.3. The van der Waals surface area contributed by atoms with Gasteiger partial charge in [0.1, 0.15) is 0 Å². The van der Waals surface area contributed by atoms with Gasteiger partial charge in [-0.1, -0.05) is 36.4 Å². The van der Waals surface area contributed by atoms with E-state index < -0.39 is 0 Å². The molecule has 21 heavy (non-hydrogen) atoms. The number of aromatic nitrogens is 1. The molecule has 0 saturated heterocycles. The molecule has 0 spiro atoms. The molecule has 5 heteroatoms. The highest BCUT2D eigenvalue weighted by molar-refractivity contribution is 5.95. The molecule has 3 aromatic rings. The van der Waals surface area contributed by atoms with Gasteiger partial charge in [0.05, 0.1) is 23.7 Å². The molecule has 0 aliphatic rings. The summed E-state index contributed by atoms with van der Waals surface area (Å²) in [4.78, 5) is 11.0. The summed E-state index contributed by atoms with van der Waals surface area (Å²) in [5, 5.41) is 22.9. The zero-order chi connectivity index (χ0) is 14.8. The van der Waals surface area contributed by atoms with Crippen LogP contribution in [-0.4, -0.2) is 9.67 Å². The molecule has 0 unspecified atom stereocenters. The summed E-state index contributed by atoms with van der Waals surface area (Å²) in [6.45, 7) is 0.297. The molecule has 0 saturated carbocycles. The Kier molecular flexibility index (Phi) is 3.13. The van der Waals surface area contributed by atoms with Crippen LogP contribution in [0.3, 0.4) is 0 Å². The second-order valence-electron chi connectivity index (χ2n) is 4.64. The fourth-order valence-corrected chi connectivity index (χ4v) is 2.46. The topological polar surface area (TPSA) is 78.4 Å². The third-order valence-corrected chi connectivity index (χ3v) is 3.48. The number of fused-ring (bicyclic) bond motifs is 1. The minimum atomic E-state index is -0.182. The van der Waals surface area contributed by atoms with E-state index in [4.69, 9.17) is 5.26 Å². The van der Waals surface area contributed by atoms with Crippen molar-refractivity contribution in [3.05, 3.63) is 64.6 Å². The maximum absolute atomic E-state index is 11.0. The molecule has 102 valence electrons. The Labute approximate surface area is 120 Å². The molecule has 1 aromatic heterocycles. The average molecular weight is 277 g/mol. The number of para-hydroxylation sites is 1. The Morgan fingerprint density at radius 2 is 1.86 bits per heavy atom. The van der Waals surface area contributed by atoms with Crippen LogP contribution < -0.4 is 0 Å². The number of benzene rings is 2. The van der Waals surface area contributed by atoms with Crippen LogP contribution in [0.4, 0.5) is 5.69 Å². The predicted molar refractivity (Wildman–Crippen MR) is 79.3 cm³/mol. The van der Waals surface area contributed by atoms with E-state index >= 15 is 0 Å². The number of hydrogen-bond donors (Lipinski definition) is 1. The fraction of sp³-hybridized carbons (Fsp3) is 0.0625. The number of rotatable bonds is 3. The maximum atomic E-state index is 11.0. The smallest absolute Gasteiger partial charge is 0.222 e. The van der Waals surface area contributed by atoms with Crippen LogP contribution in [0.1, 0.15) is 11.1 Å². The molecule has 1 N–H and O–H groups in total. The van der Waals surface area contributed by atoms with Crippen LogP contribution in [0.25, 0.3) is 10.9 Å². The van der Waals surface area contributed by atoms with Gasteiger partial charge in [-0.25, -0.2) is 0 Å². The van der Waals surface area contributed by atoms with Gasteiger partial charge >= 0.3 is 0 Å². The molecular weight excluding hydrogens is 266 g/mol. The van der Waals surface area contributed by atoms with Crippen molar-refractivity contribution in [2.24, 2.45) is 5.18 Å². The monoisotopic (exact) mass is 277 g/mol. The maximum Gasteiger partial charge on any atom is 0.222 e. The van der Waals surface area contributed by atoms with Gasteiger partial charge in [0, 0.05) is 5.39 Å². The standard InChI is InChI=1S/C16H11N3O2/c17-9-11-5-1-2-6-12(11)10-19-14-8-4-3-7-13(14)15(18-21)16(19)20/h1-8,20H,10H2. The normalized spacial score (nSPS) is 10.4. The summed E-state index contributed by atoms with van der Waals surface area (Å²) in [6.07, 6.45) is 0. The van der Waals surface area contributed by atoms with Crippen LogP contribution in [-0.2, 0) is 6.54 Å². The van der Waals surface area contributed by atoms with Crippen molar-refractivity contribution < 1.29 is 5.11 Å². The Hall–Kier alpha value is -3.13. The lowest BCUT2D eigenvalue weighted by atomic mass is 10.1. The quantitative estimate of drug-likeness (QED) is 0.742. The molecule has 5 nitrogen and oxygen atoms in total. The molecule has 0 bridgehead atoms. The number of nitroso groups, excluding NO2 is 1. The fourth-order valence-electron chi connectivity index (χ4n) is 2.46. The third kappa shape index (κ3) is 2.03. The van der Waals surface area contributed by atoms with Crippen LogP contribution in [0.2, 0.25) is 0 Å². The number of aromatic hydroxyl groups is 1. The van der Waals surface area contributed by atoms with Crippen molar-refractivity contribution >= 4 is 16.6 Å². The van der Waals surface area contributed by atoms with Gasteiger partial charge in [-0.2, -0.15) is 5.26 Å². The molecule has 2 aromatic carbocycles. The van der Waals surface area contributed by atoms with Crippen molar-refractivity contribution in [2.75, 3.05) is 0 Å². The van der Waals surface area contributed by atoms with E-state index in [0.717, 1.165) is 5.56 Å². The molecule has 3 rings (SSSR count). The Balaban J connectivity index is 2.20. The van der Waals surface area contributed by atoms with E-state index in [-0.39, 0.29) is 11.6 Å². The number of hydrogen-bond acceptors (Lipinski definition) is 4. The third-order valence-electron chi connectivity index (χ3n) is 3.48. The van der Waals surface area contributed by atoms with Crippen molar-refractivity contribution in [1.82, 2.24) is 4.57 Å². The average Bonchev–Trinajstić information content (AvgIpc) is 2.80. The van der Waals surface area contributed by atoms with Gasteiger partial charge < -0.3 is 9.67 Å². The minimum absolute atomic E-state index is 0.0278.